The Labute approximate surface area is 97.7 Å². The molecule has 0 saturated carbocycles. The third kappa shape index (κ3) is 2.91. The Morgan fingerprint density at radius 2 is 2.41 bits per heavy atom. The molecule has 1 aliphatic heterocycles. The molecule has 2 rings (SSSR count). The molecule has 6 heteroatoms. The summed E-state index contributed by atoms with van der Waals surface area (Å²) in [7, 11) is 0. The lowest BCUT2D eigenvalue weighted by Gasteiger charge is -2.12. The number of non-ortho nitro benzene ring substituents is 1. The summed E-state index contributed by atoms with van der Waals surface area (Å²) in [5, 5.41) is 13.3. The number of halogens is 1. The fourth-order valence-electron chi connectivity index (χ4n) is 1.79. The summed E-state index contributed by atoms with van der Waals surface area (Å²) in [4.78, 5) is 9.81. The molecule has 1 N–H and O–H groups in total. The molecule has 0 spiro atoms. The van der Waals surface area contributed by atoms with Crippen LogP contribution in [0.3, 0.4) is 0 Å². The molecule has 0 radical (unpaired) electrons. The lowest BCUT2D eigenvalue weighted by molar-refractivity contribution is -0.385. The molecule has 1 saturated heterocycles. The second-order valence-electron chi connectivity index (χ2n) is 3.94. The molecule has 1 aromatic rings. The van der Waals surface area contributed by atoms with Crippen LogP contribution < -0.4 is 5.32 Å². The monoisotopic (exact) mass is 240 g/mol. The third-order valence-electron chi connectivity index (χ3n) is 2.71. The highest BCUT2D eigenvalue weighted by molar-refractivity contribution is 5.50. The van der Waals surface area contributed by atoms with Gasteiger partial charge in [0, 0.05) is 19.2 Å². The predicted molar refractivity (Wildman–Crippen MR) is 60.5 cm³/mol. The van der Waals surface area contributed by atoms with Gasteiger partial charge in [0.15, 0.2) is 5.82 Å². The highest BCUT2D eigenvalue weighted by atomic mass is 19.1. The van der Waals surface area contributed by atoms with Crippen molar-refractivity contribution in [3.8, 4) is 0 Å². The Morgan fingerprint density at radius 3 is 3.00 bits per heavy atom. The summed E-state index contributed by atoms with van der Waals surface area (Å²) in [5.74, 6) is -0.614. The number of nitrogens with one attached hydrogen (secondary N) is 1. The maximum atomic E-state index is 13.5. The Bertz CT molecular complexity index is 419. The number of benzene rings is 1. The van der Waals surface area contributed by atoms with Gasteiger partial charge in [0.1, 0.15) is 0 Å². The van der Waals surface area contributed by atoms with E-state index in [0.29, 0.717) is 6.54 Å². The molecule has 1 heterocycles. The maximum absolute atomic E-state index is 13.5. The molecule has 92 valence electrons. The van der Waals surface area contributed by atoms with Gasteiger partial charge >= 0.3 is 0 Å². The summed E-state index contributed by atoms with van der Waals surface area (Å²) in [6.07, 6.45) is 2.08. The standard InChI is InChI=1S/C11H13FN2O3/c12-10-6-8(14(15)16)3-4-11(10)13-7-9-2-1-5-17-9/h3-4,6,9,13H,1-2,5,7H2/t9-/m1/s1. The van der Waals surface area contributed by atoms with Crippen molar-refractivity contribution in [1.29, 1.82) is 0 Å². The quantitative estimate of drug-likeness (QED) is 0.648. The van der Waals surface area contributed by atoms with E-state index in [4.69, 9.17) is 4.74 Å². The molecule has 0 amide bonds. The smallest absolute Gasteiger partial charge is 0.272 e. The first-order chi connectivity index (χ1) is 8.16. The topological polar surface area (TPSA) is 64.4 Å². The van der Waals surface area contributed by atoms with Gasteiger partial charge in [-0.05, 0) is 18.9 Å². The molecule has 1 aliphatic rings. The molecule has 0 aromatic heterocycles. The van der Waals surface area contributed by atoms with Crippen LogP contribution in [0.25, 0.3) is 0 Å². The van der Waals surface area contributed by atoms with Crippen LogP contribution in [0.1, 0.15) is 12.8 Å². The van der Waals surface area contributed by atoms with Gasteiger partial charge in [-0.2, -0.15) is 0 Å². The van der Waals surface area contributed by atoms with Crippen molar-refractivity contribution in [3.63, 3.8) is 0 Å². The normalized spacial score (nSPS) is 19.2. The molecular formula is C11H13FN2O3. The second-order valence-corrected chi connectivity index (χ2v) is 3.94. The SMILES string of the molecule is O=[N+]([O-])c1ccc(NC[C@H]2CCCO2)c(F)c1. The molecule has 17 heavy (non-hydrogen) atoms. The number of nitro benzene ring substituents is 1. The van der Waals surface area contributed by atoms with E-state index in [2.05, 4.69) is 5.32 Å². The van der Waals surface area contributed by atoms with Crippen molar-refractivity contribution in [2.24, 2.45) is 0 Å². The van der Waals surface area contributed by atoms with Crippen molar-refractivity contribution in [2.75, 3.05) is 18.5 Å². The minimum atomic E-state index is -0.618. The first kappa shape index (κ1) is 11.8. The molecule has 1 aromatic carbocycles. The lowest BCUT2D eigenvalue weighted by atomic mass is 10.2. The van der Waals surface area contributed by atoms with E-state index in [1.807, 2.05) is 0 Å². The summed E-state index contributed by atoms with van der Waals surface area (Å²) in [5.41, 5.74) is 0.0243. The van der Waals surface area contributed by atoms with Crippen LogP contribution in [0, 0.1) is 15.9 Å². The summed E-state index contributed by atoms with van der Waals surface area (Å²) >= 11 is 0. The van der Waals surface area contributed by atoms with Gasteiger partial charge in [-0.25, -0.2) is 4.39 Å². The number of nitro groups is 1. The second kappa shape index (κ2) is 5.09. The minimum absolute atomic E-state index is 0.101. The highest BCUT2D eigenvalue weighted by Crippen LogP contribution is 2.21. The Kier molecular flexibility index (Phi) is 3.53. The largest absolute Gasteiger partial charge is 0.380 e. The van der Waals surface area contributed by atoms with Crippen LogP contribution >= 0.6 is 0 Å². The van der Waals surface area contributed by atoms with Crippen LogP contribution in [0.15, 0.2) is 18.2 Å². The first-order valence-corrected chi connectivity index (χ1v) is 5.46. The first-order valence-electron chi connectivity index (χ1n) is 5.46. The predicted octanol–water partition coefficient (Wildman–Crippen LogP) is 2.32. The number of nitrogens with zero attached hydrogens (tertiary/aromatic N) is 1. The van der Waals surface area contributed by atoms with Gasteiger partial charge in [0.25, 0.3) is 5.69 Å². The van der Waals surface area contributed by atoms with Crippen molar-refractivity contribution in [3.05, 3.63) is 34.1 Å². The summed E-state index contributed by atoms with van der Waals surface area (Å²) in [6, 6.07) is 3.57. The van der Waals surface area contributed by atoms with Gasteiger partial charge in [0.05, 0.1) is 22.8 Å². The lowest BCUT2D eigenvalue weighted by Crippen LogP contribution is -2.18. The average Bonchev–Trinajstić information content (AvgIpc) is 2.80. The fraction of sp³-hybridized carbons (Fsp3) is 0.455. The third-order valence-corrected chi connectivity index (χ3v) is 2.71. The van der Waals surface area contributed by atoms with E-state index >= 15 is 0 Å². The zero-order valence-corrected chi connectivity index (χ0v) is 9.19. The van der Waals surface area contributed by atoms with Gasteiger partial charge in [-0.15, -0.1) is 0 Å². The van der Waals surface area contributed by atoms with E-state index < -0.39 is 10.7 Å². The molecule has 0 bridgehead atoms. The highest BCUT2D eigenvalue weighted by Gasteiger charge is 2.16. The van der Waals surface area contributed by atoms with Crippen molar-refractivity contribution in [1.82, 2.24) is 0 Å². The van der Waals surface area contributed by atoms with E-state index in [-0.39, 0.29) is 17.5 Å². The fourth-order valence-corrected chi connectivity index (χ4v) is 1.79. The van der Waals surface area contributed by atoms with E-state index in [0.717, 1.165) is 25.5 Å². The number of rotatable bonds is 4. The number of hydrogen-bond donors (Lipinski definition) is 1. The van der Waals surface area contributed by atoms with Crippen molar-refractivity contribution < 1.29 is 14.1 Å². The number of anilines is 1. The van der Waals surface area contributed by atoms with Crippen LogP contribution in [0.4, 0.5) is 15.8 Å². The van der Waals surface area contributed by atoms with Gasteiger partial charge < -0.3 is 10.1 Å². The molecule has 1 atom stereocenters. The Balaban J connectivity index is 1.98. The van der Waals surface area contributed by atoms with Crippen LogP contribution in [0.2, 0.25) is 0 Å². The van der Waals surface area contributed by atoms with Crippen LogP contribution in [-0.4, -0.2) is 24.2 Å². The Hall–Kier alpha value is -1.69. The van der Waals surface area contributed by atoms with E-state index in [9.17, 15) is 14.5 Å². The summed E-state index contributed by atoms with van der Waals surface area (Å²) in [6.45, 7) is 1.27. The van der Waals surface area contributed by atoms with E-state index in [1.54, 1.807) is 0 Å². The molecule has 5 nitrogen and oxygen atoms in total. The van der Waals surface area contributed by atoms with Crippen molar-refractivity contribution >= 4 is 11.4 Å². The average molecular weight is 240 g/mol. The van der Waals surface area contributed by atoms with Crippen LogP contribution in [-0.2, 0) is 4.74 Å². The van der Waals surface area contributed by atoms with Gasteiger partial charge in [-0.3, -0.25) is 10.1 Å². The van der Waals surface area contributed by atoms with Gasteiger partial charge in [0.2, 0.25) is 0 Å². The maximum Gasteiger partial charge on any atom is 0.272 e. The zero-order valence-electron chi connectivity index (χ0n) is 9.19. The molecule has 1 fully saturated rings. The zero-order chi connectivity index (χ0) is 12.3. The van der Waals surface area contributed by atoms with Gasteiger partial charge in [-0.1, -0.05) is 0 Å². The summed E-state index contributed by atoms with van der Waals surface area (Å²) < 4.78 is 18.9. The minimum Gasteiger partial charge on any atom is -0.380 e. The van der Waals surface area contributed by atoms with Crippen molar-refractivity contribution in [2.45, 2.75) is 18.9 Å². The molecule has 0 unspecified atom stereocenters. The van der Waals surface area contributed by atoms with E-state index in [1.165, 1.54) is 12.1 Å². The molecule has 0 aliphatic carbocycles. The molecular weight excluding hydrogens is 227 g/mol. The van der Waals surface area contributed by atoms with Crippen LogP contribution in [0.5, 0.6) is 0 Å². The number of hydrogen-bond acceptors (Lipinski definition) is 4. The number of ether oxygens (including phenoxy) is 1. The Morgan fingerprint density at radius 1 is 1.59 bits per heavy atom.